The van der Waals surface area contributed by atoms with Gasteiger partial charge in [0.2, 0.25) is 0 Å². The Morgan fingerprint density at radius 2 is 2.00 bits per heavy atom. The van der Waals surface area contributed by atoms with Gasteiger partial charge in [-0.1, -0.05) is 17.7 Å². The first kappa shape index (κ1) is 17.0. The number of aryl methyl sites for hydroxylation is 1. The molecule has 1 N–H and O–H groups in total. The number of carbonyl (C=O) groups is 2. The second-order valence-electron chi connectivity index (χ2n) is 5.62. The summed E-state index contributed by atoms with van der Waals surface area (Å²) in [5, 5.41) is 3.39. The molecule has 0 fully saturated rings. The fourth-order valence-corrected chi connectivity index (χ4v) is 2.66. The molecule has 1 heterocycles. The summed E-state index contributed by atoms with van der Waals surface area (Å²) in [7, 11) is 1.31. The molecule has 0 atom stereocenters. The van der Waals surface area contributed by atoms with Gasteiger partial charge >= 0.3 is 5.97 Å². The summed E-state index contributed by atoms with van der Waals surface area (Å²) >= 11 is 5.99. The van der Waals surface area contributed by atoms with Crippen LogP contribution in [-0.4, -0.2) is 25.6 Å². The smallest absolute Gasteiger partial charge is 0.337 e. The molecule has 1 amide bonds. The first-order chi connectivity index (χ1) is 12.0. The molecule has 0 spiro atoms. The van der Waals surface area contributed by atoms with Crippen LogP contribution in [0.2, 0.25) is 5.02 Å². The van der Waals surface area contributed by atoms with Gasteiger partial charge < -0.3 is 14.8 Å². The molecular weight excluding hydrogens is 342 g/mol. The lowest BCUT2D eigenvalue weighted by Gasteiger charge is -2.18. The van der Waals surface area contributed by atoms with Crippen molar-refractivity contribution in [3.8, 4) is 5.75 Å². The van der Waals surface area contributed by atoms with E-state index < -0.39 is 5.97 Å². The van der Waals surface area contributed by atoms with E-state index in [2.05, 4.69) is 5.32 Å². The Labute approximate surface area is 150 Å². The van der Waals surface area contributed by atoms with Gasteiger partial charge in [0, 0.05) is 16.3 Å². The number of anilines is 1. The third-order valence-corrected chi connectivity index (χ3v) is 4.12. The molecule has 25 heavy (non-hydrogen) atoms. The number of hydrogen-bond acceptors (Lipinski definition) is 4. The van der Waals surface area contributed by atoms with Crippen LogP contribution in [0.25, 0.3) is 6.08 Å². The van der Waals surface area contributed by atoms with Crippen LogP contribution in [-0.2, 0) is 9.53 Å². The van der Waals surface area contributed by atoms with Gasteiger partial charge in [-0.2, -0.15) is 0 Å². The van der Waals surface area contributed by atoms with Gasteiger partial charge in [-0.25, -0.2) is 4.79 Å². The Balaban J connectivity index is 1.84. The van der Waals surface area contributed by atoms with Crippen LogP contribution in [0.4, 0.5) is 5.69 Å². The van der Waals surface area contributed by atoms with Crippen LogP contribution in [0.15, 0.2) is 42.0 Å². The van der Waals surface area contributed by atoms with Crippen molar-refractivity contribution in [1.29, 1.82) is 0 Å². The van der Waals surface area contributed by atoms with E-state index in [0.29, 0.717) is 27.6 Å². The number of hydrogen-bond donors (Lipinski definition) is 1. The van der Waals surface area contributed by atoms with Crippen molar-refractivity contribution in [3.63, 3.8) is 0 Å². The maximum absolute atomic E-state index is 12.6. The summed E-state index contributed by atoms with van der Waals surface area (Å²) in [4.78, 5) is 24.2. The number of nitrogens with one attached hydrogen (secondary N) is 1. The summed E-state index contributed by atoms with van der Waals surface area (Å²) in [6.07, 6.45) is 1.75. The quantitative estimate of drug-likeness (QED) is 0.847. The van der Waals surface area contributed by atoms with E-state index in [-0.39, 0.29) is 12.5 Å². The first-order valence-electron chi connectivity index (χ1n) is 7.61. The minimum absolute atomic E-state index is 0.163. The van der Waals surface area contributed by atoms with Crippen molar-refractivity contribution >= 4 is 35.2 Å². The Kier molecular flexibility index (Phi) is 4.76. The van der Waals surface area contributed by atoms with Crippen molar-refractivity contribution < 1.29 is 19.1 Å². The molecule has 0 radical (unpaired) electrons. The predicted octanol–water partition coefficient (Wildman–Crippen LogP) is 3.85. The normalized spacial score (nSPS) is 12.5. The number of amides is 1. The molecule has 0 bridgehead atoms. The average molecular weight is 358 g/mol. The summed E-state index contributed by atoms with van der Waals surface area (Å²) in [5.41, 5.74) is 2.98. The highest BCUT2D eigenvalue weighted by molar-refractivity contribution is 6.30. The largest absolute Gasteiger partial charge is 0.488 e. The van der Waals surface area contributed by atoms with Crippen molar-refractivity contribution in [3.05, 3.63) is 63.7 Å². The van der Waals surface area contributed by atoms with E-state index >= 15 is 0 Å². The fourth-order valence-electron chi connectivity index (χ4n) is 2.48. The van der Waals surface area contributed by atoms with E-state index in [1.807, 2.05) is 6.92 Å². The van der Waals surface area contributed by atoms with Crippen LogP contribution in [0.1, 0.15) is 21.5 Å². The van der Waals surface area contributed by atoms with Crippen LogP contribution in [0.3, 0.4) is 0 Å². The second-order valence-corrected chi connectivity index (χ2v) is 6.05. The number of ether oxygens (including phenoxy) is 2. The highest BCUT2D eigenvalue weighted by Gasteiger charge is 2.19. The minimum atomic E-state index is -0.459. The van der Waals surface area contributed by atoms with E-state index in [1.165, 1.54) is 7.11 Å². The zero-order valence-corrected chi connectivity index (χ0v) is 14.5. The standard InChI is InChI=1S/C19H16ClNO4/c1-11-3-4-12(19(23)24-2)9-16(11)21-18(22)14-7-13-8-15(20)5-6-17(13)25-10-14/h3-9H,10H2,1-2H3,(H,21,22). The molecule has 0 saturated heterocycles. The third kappa shape index (κ3) is 3.67. The van der Waals surface area contributed by atoms with E-state index in [1.54, 1.807) is 42.5 Å². The summed E-state index contributed by atoms with van der Waals surface area (Å²) in [6, 6.07) is 10.2. The van der Waals surface area contributed by atoms with Gasteiger partial charge in [0.25, 0.3) is 5.91 Å². The number of halogens is 1. The molecule has 1 aliphatic heterocycles. The number of rotatable bonds is 3. The summed E-state index contributed by atoms with van der Waals surface area (Å²) in [6.45, 7) is 2.01. The molecule has 2 aromatic carbocycles. The van der Waals surface area contributed by atoms with Gasteiger partial charge in [0.05, 0.1) is 18.2 Å². The highest BCUT2D eigenvalue weighted by Crippen LogP contribution is 2.29. The molecule has 128 valence electrons. The second kappa shape index (κ2) is 6.99. The van der Waals surface area contributed by atoms with Crippen molar-refractivity contribution in [1.82, 2.24) is 0 Å². The number of carbonyl (C=O) groups excluding carboxylic acids is 2. The monoisotopic (exact) mass is 357 g/mol. The lowest BCUT2D eigenvalue weighted by atomic mass is 10.1. The summed E-state index contributed by atoms with van der Waals surface area (Å²) < 4.78 is 10.3. The molecule has 6 heteroatoms. The first-order valence-corrected chi connectivity index (χ1v) is 7.99. The maximum atomic E-state index is 12.6. The Bertz CT molecular complexity index is 889. The molecule has 5 nitrogen and oxygen atoms in total. The summed E-state index contributed by atoms with van der Waals surface area (Å²) in [5.74, 6) is -0.0696. The molecule has 2 aromatic rings. The number of fused-ring (bicyclic) bond motifs is 1. The van der Waals surface area contributed by atoms with Crippen molar-refractivity contribution in [2.75, 3.05) is 19.0 Å². The van der Waals surface area contributed by atoms with Gasteiger partial charge in [0.1, 0.15) is 12.4 Å². The van der Waals surface area contributed by atoms with Gasteiger partial charge in [-0.3, -0.25) is 4.79 Å². The molecule has 0 aliphatic carbocycles. The molecule has 3 rings (SSSR count). The van der Waals surface area contributed by atoms with Gasteiger partial charge in [0.15, 0.2) is 0 Å². The Hall–Kier alpha value is -2.79. The topological polar surface area (TPSA) is 64.6 Å². The van der Waals surface area contributed by atoms with Gasteiger partial charge in [-0.15, -0.1) is 0 Å². The van der Waals surface area contributed by atoms with Crippen LogP contribution < -0.4 is 10.1 Å². The molecule has 1 aliphatic rings. The Morgan fingerprint density at radius 3 is 2.76 bits per heavy atom. The number of methoxy groups -OCH3 is 1. The average Bonchev–Trinajstić information content (AvgIpc) is 2.62. The molecule has 0 saturated carbocycles. The van der Waals surface area contributed by atoms with Crippen LogP contribution in [0.5, 0.6) is 5.75 Å². The lowest BCUT2D eigenvalue weighted by molar-refractivity contribution is -0.113. The van der Waals surface area contributed by atoms with Crippen molar-refractivity contribution in [2.45, 2.75) is 6.92 Å². The molecule has 0 unspecified atom stereocenters. The fraction of sp³-hybridized carbons (Fsp3) is 0.158. The molecule has 0 aromatic heterocycles. The lowest BCUT2D eigenvalue weighted by Crippen LogP contribution is -2.21. The number of benzene rings is 2. The minimum Gasteiger partial charge on any atom is -0.488 e. The molecular formula is C19H16ClNO4. The Morgan fingerprint density at radius 1 is 1.20 bits per heavy atom. The van der Waals surface area contributed by atoms with Crippen molar-refractivity contribution in [2.24, 2.45) is 0 Å². The maximum Gasteiger partial charge on any atom is 0.337 e. The van der Waals surface area contributed by atoms with Crippen LogP contribution in [0, 0.1) is 6.92 Å². The van der Waals surface area contributed by atoms with Gasteiger partial charge in [-0.05, 0) is 48.9 Å². The van der Waals surface area contributed by atoms with E-state index in [4.69, 9.17) is 21.1 Å². The third-order valence-electron chi connectivity index (χ3n) is 3.88. The zero-order chi connectivity index (χ0) is 18.0. The predicted molar refractivity (Wildman–Crippen MR) is 96.1 cm³/mol. The van der Waals surface area contributed by atoms with E-state index in [0.717, 1.165) is 11.1 Å². The highest BCUT2D eigenvalue weighted by atomic mass is 35.5. The zero-order valence-electron chi connectivity index (χ0n) is 13.8. The van der Waals surface area contributed by atoms with Crippen LogP contribution >= 0.6 is 11.6 Å². The number of esters is 1. The van der Waals surface area contributed by atoms with E-state index in [9.17, 15) is 9.59 Å². The SMILES string of the molecule is COC(=O)c1ccc(C)c(NC(=O)C2=Cc3cc(Cl)ccc3OC2)c1.